The molecule has 1 fully saturated rings. The zero-order valence-electron chi connectivity index (χ0n) is 12.2. The Morgan fingerprint density at radius 2 is 2.05 bits per heavy atom. The van der Waals surface area contributed by atoms with Crippen LogP contribution in [0, 0.1) is 11.8 Å². The molecule has 4 nitrogen and oxygen atoms in total. The molecule has 0 bridgehead atoms. The van der Waals surface area contributed by atoms with E-state index in [1.54, 1.807) is 0 Å². The number of hydrogen-bond donors (Lipinski definition) is 3. The predicted octanol–water partition coefficient (Wildman–Crippen LogP) is 3.00. The van der Waals surface area contributed by atoms with Gasteiger partial charge in [0.15, 0.2) is 0 Å². The molecule has 1 heterocycles. The van der Waals surface area contributed by atoms with Crippen LogP contribution >= 0.6 is 0 Å². The van der Waals surface area contributed by atoms with Gasteiger partial charge in [-0.05, 0) is 48.8 Å². The fraction of sp³-hybridized carbons (Fsp3) is 0.562. The second kappa shape index (κ2) is 5.00. The molecule has 108 valence electrons. The number of fused-ring (bicyclic) bond motifs is 1. The molecule has 0 aromatic heterocycles. The first kappa shape index (κ1) is 13.3. The van der Waals surface area contributed by atoms with Crippen LogP contribution in [0.4, 0.5) is 17.1 Å². The summed E-state index contributed by atoms with van der Waals surface area (Å²) in [5.74, 6) is 1.52. The number of amides is 1. The van der Waals surface area contributed by atoms with Crippen molar-refractivity contribution < 1.29 is 4.79 Å². The molecule has 0 radical (unpaired) electrons. The molecule has 3 rings (SSSR count). The van der Waals surface area contributed by atoms with Crippen LogP contribution in [0.1, 0.15) is 38.7 Å². The van der Waals surface area contributed by atoms with Crippen LogP contribution in [0.15, 0.2) is 12.1 Å². The van der Waals surface area contributed by atoms with Gasteiger partial charge in [-0.15, -0.1) is 0 Å². The quantitative estimate of drug-likeness (QED) is 0.726. The second-order valence-electron chi connectivity index (χ2n) is 6.31. The number of rotatable bonds is 2. The van der Waals surface area contributed by atoms with Crippen LogP contribution in [-0.2, 0) is 11.2 Å². The van der Waals surface area contributed by atoms with E-state index in [2.05, 4.69) is 30.5 Å². The van der Waals surface area contributed by atoms with E-state index in [4.69, 9.17) is 5.73 Å². The SMILES string of the molecule is CC1CCC(Nc2cc3c(cc2N)NC(=O)CC3)C1C. The fourth-order valence-electron chi connectivity index (χ4n) is 3.34. The Hall–Kier alpha value is -1.71. The molecule has 1 saturated carbocycles. The van der Waals surface area contributed by atoms with E-state index >= 15 is 0 Å². The van der Waals surface area contributed by atoms with Gasteiger partial charge in [-0.3, -0.25) is 4.79 Å². The molecular formula is C16H23N3O. The van der Waals surface area contributed by atoms with Crippen LogP contribution in [-0.4, -0.2) is 11.9 Å². The molecule has 3 unspecified atom stereocenters. The third kappa shape index (κ3) is 2.35. The van der Waals surface area contributed by atoms with Crippen molar-refractivity contribution >= 4 is 23.0 Å². The Morgan fingerprint density at radius 3 is 2.75 bits per heavy atom. The summed E-state index contributed by atoms with van der Waals surface area (Å²) >= 11 is 0. The molecule has 1 aromatic rings. The van der Waals surface area contributed by atoms with Crippen molar-refractivity contribution in [3.8, 4) is 0 Å². The van der Waals surface area contributed by atoms with Crippen LogP contribution in [0.25, 0.3) is 0 Å². The molecular weight excluding hydrogens is 250 g/mol. The summed E-state index contributed by atoms with van der Waals surface area (Å²) in [7, 11) is 0. The number of anilines is 3. The third-order valence-corrected chi connectivity index (χ3v) is 4.98. The third-order valence-electron chi connectivity index (χ3n) is 4.98. The van der Waals surface area contributed by atoms with E-state index in [9.17, 15) is 4.79 Å². The lowest BCUT2D eigenvalue weighted by Crippen LogP contribution is -2.25. The predicted molar refractivity (Wildman–Crippen MR) is 82.8 cm³/mol. The Morgan fingerprint density at radius 1 is 1.25 bits per heavy atom. The normalized spacial score (nSPS) is 28.9. The largest absolute Gasteiger partial charge is 0.397 e. The van der Waals surface area contributed by atoms with Gasteiger partial charge in [-0.2, -0.15) is 0 Å². The molecule has 0 spiro atoms. The van der Waals surface area contributed by atoms with Gasteiger partial charge in [0.05, 0.1) is 11.4 Å². The summed E-state index contributed by atoms with van der Waals surface area (Å²) in [6.07, 6.45) is 3.84. The number of carbonyl (C=O) groups excluding carboxylic acids is 1. The highest BCUT2D eigenvalue weighted by atomic mass is 16.1. The molecule has 0 saturated heterocycles. The van der Waals surface area contributed by atoms with Crippen molar-refractivity contribution in [1.29, 1.82) is 0 Å². The lowest BCUT2D eigenvalue weighted by molar-refractivity contribution is -0.116. The number of hydrogen-bond acceptors (Lipinski definition) is 3. The van der Waals surface area contributed by atoms with Crippen molar-refractivity contribution in [2.45, 2.75) is 45.6 Å². The minimum atomic E-state index is 0.0795. The highest BCUT2D eigenvalue weighted by Gasteiger charge is 2.30. The maximum atomic E-state index is 11.4. The Labute approximate surface area is 120 Å². The van der Waals surface area contributed by atoms with Crippen molar-refractivity contribution in [2.75, 3.05) is 16.4 Å². The van der Waals surface area contributed by atoms with Gasteiger partial charge in [0, 0.05) is 18.2 Å². The minimum absolute atomic E-state index is 0.0795. The smallest absolute Gasteiger partial charge is 0.224 e. The van der Waals surface area contributed by atoms with E-state index in [1.807, 2.05) is 6.07 Å². The first-order valence-corrected chi connectivity index (χ1v) is 7.53. The standard InChI is InChI=1S/C16H23N3O/c1-9-3-5-13(10(9)2)18-15-7-11-4-6-16(20)19-14(11)8-12(15)17/h7-10,13,18H,3-6,17H2,1-2H3,(H,19,20). The molecule has 4 heteroatoms. The highest BCUT2D eigenvalue weighted by molar-refractivity contribution is 5.95. The first-order chi connectivity index (χ1) is 9.54. The summed E-state index contributed by atoms with van der Waals surface area (Å²) in [4.78, 5) is 11.4. The number of nitrogen functional groups attached to an aromatic ring is 1. The van der Waals surface area contributed by atoms with Gasteiger partial charge in [0.25, 0.3) is 0 Å². The molecule has 1 aliphatic heterocycles. The zero-order chi connectivity index (χ0) is 14.3. The lowest BCUT2D eigenvalue weighted by atomic mass is 9.97. The van der Waals surface area contributed by atoms with Gasteiger partial charge in [0.2, 0.25) is 5.91 Å². The highest BCUT2D eigenvalue weighted by Crippen LogP contribution is 2.36. The summed E-state index contributed by atoms with van der Waals surface area (Å²) in [6, 6.07) is 4.50. The van der Waals surface area contributed by atoms with Crippen LogP contribution < -0.4 is 16.4 Å². The van der Waals surface area contributed by atoms with Crippen LogP contribution in [0.5, 0.6) is 0 Å². The first-order valence-electron chi connectivity index (χ1n) is 7.53. The van der Waals surface area contributed by atoms with E-state index in [0.717, 1.165) is 29.4 Å². The monoisotopic (exact) mass is 273 g/mol. The zero-order valence-corrected chi connectivity index (χ0v) is 12.2. The molecule has 3 atom stereocenters. The second-order valence-corrected chi connectivity index (χ2v) is 6.31. The van der Waals surface area contributed by atoms with Crippen molar-refractivity contribution in [3.63, 3.8) is 0 Å². The number of aryl methyl sites for hydroxylation is 1. The Kier molecular flexibility index (Phi) is 3.32. The van der Waals surface area contributed by atoms with Crippen molar-refractivity contribution in [1.82, 2.24) is 0 Å². The van der Waals surface area contributed by atoms with Gasteiger partial charge >= 0.3 is 0 Å². The Balaban J connectivity index is 1.82. The van der Waals surface area contributed by atoms with E-state index in [1.165, 1.54) is 18.4 Å². The summed E-state index contributed by atoms with van der Waals surface area (Å²) in [5.41, 5.74) is 9.93. The maximum absolute atomic E-state index is 11.4. The fourth-order valence-corrected chi connectivity index (χ4v) is 3.34. The number of carbonyl (C=O) groups is 1. The van der Waals surface area contributed by atoms with E-state index < -0.39 is 0 Å². The van der Waals surface area contributed by atoms with Crippen LogP contribution in [0.2, 0.25) is 0 Å². The summed E-state index contributed by atoms with van der Waals surface area (Å²) in [6.45, 7) is 4.63. The van der Waals surface area contributed by atoms with Gasteiger partial charge < -0.3 is 16.4 Å². The van der Waals surface area contributed by atoms with Gasteiger partial charge in [-0.1, -0.05) is 13.8 Å². The maximum Gasteiger partial charge on any atom is 0.224 e. The summed E-state index contributed by atoms with van der Waals surface area (Å²) < 4.78 is 0. The number of nitrogens with two attached hydrogens (primary N) is 1. The molecule has 1 aliphatic carbocycles. The van der Waals surface area contributed by atoms with Gasteiger partial charge in [0.1, 0.15) is 0 Å². The van der Waals surface area contributed by atoms with Crippen molar-refractivity contribution in [2.24, 2.45) is 11.8 Å². The Bertz CT molecular complexity index is 541. The minimum Gasteiger partial charge on any atom is -0.397 e. The molecule has 1 aromatic carbocycles. The summed E-state index contributed by atoms with van der Waals surface area (Å²) in [5, 5.41) is 6.50. The molecule has 4 N–H and O–H groups in total. The topological polar surface area (TPSA) is 67.2 Å². The number of nitrogens with one attached hydrogen (secondary N) is 2. The number of benzene rings is 1. The van der Waals surface area contributed by atoms with E-state index in [-0.39, 0.29) is 5.91 Å². The lowest BCUT2D eigenvalue weighted by Gasteiger charge is -2.24. The van der Waals surface area contributed by atoms with E-state index in [0.29, 0.717) is 18.4 Å². The molecule has 2 aliphatic rings. The average molecular weight is 273 g/mol. The molecule has 1 amide bonds. The van der Waals surface area contributed by atoms with Gasteiger partial charge in [-0.25, -0.2) is 0 Å². The van der Waals surface area contributed by atoms with Crippen molar-refractivity contribution in [3.05, 3.63) is 17.7 Å². The average Bonchev–Trinajstić information content (AvgIpc) is 2.72. The van der Waals surface area contributed by atoms with Crippen LogP contribution in [0.3, 0.4) is 0 Å². The molecule has 20 heavy (non-hydrogen) atoms.